The number of hydrazone groups is 1. The maximum absolute atomic E-state index is 12.0. The highest BCUT2D eigenvalue weighted by molar-refractivity contribution is 9.10. The summed E-state index contributed by atoms with van der Waals surface area (Å²) in [4.78, 5) is 22.7. The van der Waals surface area contributed by atoms with Crippen molar-refractivity contribution in [3.05, 3.63) is 55.4 Å². The van der Waals surface area contributed by atoms with E-state index < -0.39 is 10.8 Å². The number of carbonyl (C=O) groups excluding carboxylic acids is 1. The Labute approximate surface area is 137 Å². The number of methoxy groups -OCH3 is 1. The van der Waals surface area contributed by atoms with Crippen molar-refractivity contribution in [1.29, 1.82) is 0 Å². The highest BCUT2D eigenvalue weighted by Crippen LogP contribution is 2.23. The molecule has 1 heterocycles. The second-order valence-electron chi connectivity index (χ2n) is 3.98. The first-order valence-corrected chi connectivity index (χ1v) is 7.53. The van der Waals surface area contributed by atoms with Crippen molar-refractivity contribution in [1.82, 2.24) is 5.43 Å². The second-order valence-corrected chi connectivity index (χ2v) is 5.99. The lowest BCUT2D eigenvalue weighted by atomic mass is 10.2. The molecule has 0 aliphatic heterocycles. The largest absolute Gasteiger partial charge is 0.496 e. The number of thiophene rings is 1. The van der Waals surface area contributed by atoms with Gasteiger partial charge in [0.2, 0.25) is 0 Å². The molecule has 0 spiro atoms. The highest BCUT2D eigenvalue weighted by atomic mass is 79.9. The predicted octanol–water partition coefficient (Wildman–Crippen LogP) is 3.19. The van der Waals surface area contributed by atoms with Crippen LogP contribution in [-0.4, -0.2) is 24.2 Å². The van der Waals surface area contributed by atoms with E-state index in [1.54, 1.807) is 24.3 Å². The van der Waals surface area contributed by atoms with Crippen LogP contribution in [0, 0.1) is 10.1 Å². The lowest BCUT2D eigenvalue weighted by Gasteiger charge is -2.07. The number of benzene rings is 1. The molecule has 9 heteroatoms. The fourth-order valence-corrected chi connectivity index (χ4v) is 2.64. The van der Waals surface area contributed by atoms with Gasteiger partial charge >= 0.3 is 5.00 Å². The zero-order valence-electron chi connectivity index (χ0n) is 11.3. The summed E-state index contributed by atoms with van der Waals surface area (Å²) in [6.45, 7) is 0. The molecule has 1 aromatic heterocycles. The average molecular weight is 384 g/mol. The Morgan fingerprint density at radius 1 is 1.45 bits per heavy atom. The number of ether oxygens (including phenoxy) is 1. The van der Waals surface area contributed by atoms with Gasteiger partial charge in [0, 0.05) is 10.5 Å². The number of carbonyl (C=O) groups is 1. The average Bonchev–Trinajstić information content (AvgIpc) is 2.96. The van der Waals surface area contributed by atoms with E-state index in [2.05, 4.69) is 26.5 Å². The number of hydrogen-bond donors (Lipinski definition) is 1. The number of hydrogen-bond acceptors (Lipinski definition) is 6. The first kappa shape index (κ1) is 16.1. The van der Waals surface area contributed by atoms with Crippen LogP contribution in [0.1, 0.15) is 15.2 Å². The van der Waals surface area contributed by atoms with E-state index in [1.807, 2.05) is 0 Å². The molecule has 114 valence electrons. The van der Waals surface area contributed by atoms with Gasteiger partial charge < -0.3 is 4.74 Å². The van der Waals surface area contributed by atoms with Crippen LogP contribution in [0.25, 0.3) is 0 Å². The topological polar surface area (TPSA) is 93.8 Å². The van der Waals surface area contributed by atoms with E-state index in [0.717, 1.165) is 15.8 Å². The Morgan fingerprint density at radius 2 is 2.23 bits per heavy atom. The monoisotopic (exact) mass is 383 g/mol. The van der Waals surface area contributed by atoms with Gasteiger partial charge in [-0.05, 0) is 24.3 Å². The smallest absolute Gasteiger partial charge is 0.324 e. The normalized spacial score (nSPS) is 10.6. The molecule has 1 N–H and O–H groups in total. The Kier molecular flexibility index (Phi) is 5.23. The lowest BCUT2D eigenvalue weighted by Crippen LogP contribution is -2.18. The summed E-state index contributed by atoms with van der Waals surface area (Å²) in [5.74, 6) is -0.0249. The Hall–Kier alpha value is -2.26. The van der Waals surface area contributed by atoms with Gasteiger partial charge in [-0.1, -0.05) is 27.3 Å². The first-order chi connectivity index (χ1) is 10.5. The van der Waals surface area contributed by atoms with Gasteiger partial charge in [0.25, 0.3) is 5.91 Å². The molecule has 0 atom stereocenters. The SMILES string of the molecule is COc1ccc(Br)cc1C(=O)N/N=C\c1ccc([N+](=O)[O-])s1. The zero-order chi connectivity index (χ0) is 16.1. The van der Waals surface area contributed by atoms with Gasteiger partial charge in [-0.25, -0.2) is 5.43 Å². The molecule has 22 heavy (non-hydrogen) atoms. The first-order valence-electron chi connectivity index (χ1n) is 5.92. The van der Waals surface area contributed by atoms with Crippen molar-refractivity contribution in [3.63, 3.8) is 0 Å². The minimum Gasteiger partial charge on any atom is -0.496 e. The molecule has 7 nitrogen and oxygen atoms in total. The lowest BCUT2D eigenvalue weighted by molar-refractivity contribution is -0.380. The Balaban J connectivity index is 2.07. The van der Waals surface area contributed by atoms with Crippen LogP contribution in [-0.2, 0) is 0 Å². The minimum atomic E-state index is -0.479. The fraction of sp³-hybridized carbons (Fsp3) is 0.0769. The number of nitrogens with zero attached hydrogens (tertiary/aromatic N) is 2. The molecular formula is C13H10BrN3O4S. The molecule has 0 fully saturated rings. The van der Waals surface area contributed by atoms with Crippen molar-refractivity contribution < 1.29 is 14.5 Å². The van der Waals surface area contributed by atoms with Crippen LogP contribution in [0.4, 0.5) is 5.00 Å². The summed E-state index contributed by atoms with van der Waals surface area (Å²) in [5.41, 5.74) is 2.68. The van der Waals surface area contributed by atoms with Crippen LogP contribution in [0.5, 0.6) is 5.75 Å². The van der Waals surface area contributed by atoms with E-state index in [1.165, 1.54) is 19.4 Å². The third-order valence-electron chi connectivity index (χ3n) is 2.56. The number of rotatable bonds is 5. The molecule has 2 aromatic rings. The number of nitrogens with one attached hydrogen (secondary N) is 1. The molecule has 2 rings (SSSR count). The molecule has 1 amide bonds. The van der Waals surface area contributed by atoms with E-state index in [-0.39, 0.29) is 5.00 Å². The van der Waals surface area contributed by atoms with Gasteiger partial charge in [0.15, 0.2) is 0 Å². The molecule has 0 bridgehead atoms. The molecule has 0 unspecified atom stereocenters. The fourth-order valence-electron chi connectivity index (χ4n) is 1.58. The van der Waals surface area contributed by atoms with Crippen molar-refractivity contribution in [2.45, 2.75) is 0 Å². The minimum absolute atomic E-state index is 0.0152. The molecule has 1 aromatic carbocycles. The quantitative estimate of drug-likeness (QED) is 0.487. The maximum atomic E-state index is 12.0. The van der Waals surface area contributed by atoms with E-state index in [4.69, 9.17) is 4.74 Å². The molecule has 0 aliphatic carbocycles. The third-order valence-corrected chi connectivity index (χ3v) is 4.02. The third kappa shape index (κ3) is 3.89. The van der Waals surface area contributed by atoms with Crippen LogP contribution < -0.4 is 10.2 Å². The zero-order valence-corrected chi connectivity index (χ0v) is 13.7. The van der Waals surface area contributed by atoms with Crippen LogP contribution in [0.15, 0.2) is 39.9 Å². The van der Waals surface area contributed by atoms with Gasteiger partial charge in [0.05, 0.1) is 28.7 Å². The van der Waals surface area contributed by atoms with Crippen LogP contribution in [0.3, 0.4) is 0 Å². The van der Waals surface area contributed by atoms with E-state index in [0.29, 0.717) is 16.2 Å². The Bertz CT molecular complexity index is 745. The molecule has 0 saturated carbocycles. The number of halogens is 1. The standard InChI is InChI=1S/C13H10BrN3O4S/c1-21-11-4-2-8(14)6-10(11)13(18)16-15-7-9-3-5-12(22-9)17(19)20/h2-7H,1H3,(H,16,18)/b15-7-. The maximum Gasteiger partial charge on any atom is 0.324 e. The predicted molar refractivity (Wildman–Crippen MR) is 86.7 cm³/mol. The second kappa shape index (κ2) is 7.14. The summed E-state index contributed by atoms with van der Waals surface area (Å²) in [6.07, 6.45) is 1.35. The summed E-state index contributed by atoms with van der Waals surface area (Å²) >= 11 is 4.25. The van der Waals surface area contributed by atoms with Crippen LogP contribution >= 0.6 is 27.3 Å². The van der Waals surface area contributed by atoms with Gasteiger partial charge in [-0.2, -0.15) is 5.10 Å². The summed E-state index contributed by atoms with van der Waals surface area (Å²) < 4.78 is 5.84. The molecule has 0 saturated heterocycles. The number of nitro groups is 1. The number of amides is 1. The highest BCUT2D eigenvalue weighted by Gasteiger charge is 2.12. The summed E-state index contributed by atoms with van der Waals surface area (Å²) in [6, 6.07) is 7.96. The van der Waals surface area contributed by atoms with E-state index >= 15 is 0 Å². The van der Waals surface area contributed by atoms with Crippen molar-refractivity contribution in [2.24, 2.45) is 5.10 Å². The molecule has 0 aliphatic rings. The van der Waals surface area contributed by atoms with Crippen molar-refractivity contribution in [3.8, 4) is 5.75 Å². The van der Waals surface area contributed by atoms with Gasteiger partial charge in [-0.15, -0.1) is 0 Å². The van der Waals surface area contributed by atoms with E-state index in [9.17, 15) is 14.9 Å². The van der Waals surface area contributed by atoms with Crippen LogP contribution in [0.2, 0.25) is 0 Å². The van der Waals surface area contributed by atoms with Crippen molar-refractivity contribution >= 4 is 44.4 Å². The summed E-state index contributed by atoms with van der Waals surface area (Å²) in [7, 11) is 1.47. The summed E-state index contributed by atoms with van der Waals surface area (Å²) in [5, 5.41) is 14.4. The molecule has 0 radical (unpaired) electrons. The van der Waals surface area contributed by atoms with Gasteiger partial charge in [-0.3, -0.25) is 14.9 Å². The Morgan fingerprint density at radius 3 is 2.86 bits per heavy atom. The molecular weight excluding hydrogens is 374 g/mol. The van der Waals surface area contributed by atoms with Crippen molar-refractivity contribution in [2.75, 3.05) is 7.11 Å². The van der Waals surface area contributed by atoms with Gasteiger partial charge in [0.1, 0.15) is 5.75 Å².